The monoisotopic (exact) mass is 353 g/mol. The molecular formula is C18H12ClN3O3. The molecule has 0 spiro atoms. The van der Waals surface area contributed by atoms with E-state index in [0.29, 0.717) is 33.2 Å². The lowest BCUT2D eigenvalue weighted by molar-refractivity contribution is 0.464. The molecule has 0 atom stereocenters. The van der Waals surface area contributed by atoms with Crippen LogP contribution < -0.4 is 10.3 Å². The quantitative estimate of drug-likeness (QED) is 0.557. The minimum atomic E-state index is -0.261. The molecule has 25 heavy (non-hydrogen) atoms. The van der Waals surface area contributed by atoms with E-state index in [1.807, 2.05) is 0 Å². The number of hydrogen-bond acceptors (Lipinski definition) is 5. The van der Waals surface area contributed by atoms with E-state index in [1.165, 1.54) is 4.68 Å². The van der Waals surface area contributed by atoms with E-state index >= 15 is 0 Å². The van der Waals surface area contributed by atoms with Gasteiger partial charge >= 0.3 is 0 Å². The predicted octanol–water partition coefficient (Wildman–Crippen LogP) is 3.88. The summed E-state index contributed by atoms with van der Waals surface area (Å²) in [4.78, 5) is 12.6. The van der Waals surface area contributed by atoms with Gasteiger partial charge in [-0.15, -0.1) is 5.10 Å². The van der Waals surface area contributed by atoms with Crippen LogP contribution in [0.2, 0.25) is 5.02 Å². The molecule has 0 N–H and O–H groups in total. The zero-order valence-electron chi connectivity index (χ0n) is 12.9. The van der Waals surface area contributed by atoms with E-state index in [0.717, 1.165) is 0 Å². The largest absolute Gasteiger partial charge is 0.467 e. The standard InChI is InChI=1S/C18H12ClN3O3/c19-12-3-5-13(6-4-12)25-14-7-8-17-16(10-14)18(23)22(21-20-17)11-15-2-1-9-24-15/h1-10H,11H2. The second-order valence-electron chi connectivity index (χ2n) is 5.37. The summed E-state index contributed by atoms with van der Waals surface area (Å²) in [6.45, 7) is 0.219. The van der Waals surface area contributed by atoms with E-state index in [2.05, 4.69) is 10.3 Å². The predicted molar refractivity (Wildman–Crippen MR) is 93.1 cm³/mol. The molecule has 4 rings (SSSR count). The molecule has 0 saturated carbocycles. The number of fused-ring (bicyclic) bond motifs is 1. The third-order valence-electron chi connectivity index (χ3n) is 3.63. The van der Waals surface area contributed by atoms with Crippen LogP contribution in [0.5, 0.6) is 11.5 Å². The summed E-state index contributed by atoms with van der Waals surface area (Å²) in [7, 11) is 0. The van der Waals surface area contributed by atoms with Crippen molar-refractivity contribution >= 4 is 22.5 Å². The van der Waals surface area contributed by atoms with Crippen molar-refractivity contribution in [2.24, 2.45) is 0 Å². The Kier molecular flexibility index (Phi) is 3.95. The van der Waals surface area contributed by atoms with Gasteiger partial charge in [-0.3, -0.25) is 4.79 Å². The average Bonchev–Trinajstić information content (AvgIpc) is 3.13. The van der Waals surface area contributed by atoms with Gasteiger partial charge in [0.05, 0.1) is 11.6 Å². The first-order valence-corrected chi connectivity index (χ1v) is 7.90. The SMILES string of the molecule is O=c1c2cc(Oc3ccc(Cl)cc3)ccc2nnn1Cc1ccco1. The highest BCUT2D eigenvalue weighted by Gasteiger charge is 2.09. The second kappa shape index (κ2) is 6.41. The number of furan rings is 1. The molecule has 7 heteroatoms. The van der Waals surface area contributed by atoms with Crippen LogP contribution in [0.4, 0.5) is 0 Å². The van der Waals surface area contributed by atoms with Crippen LogP contribution >= 0.6 is 11.6 Å². The Hall–Kier alpha value is -3.12. The number of halogens is 1. The van der Waals surface area contributed by atoms with E-state index in [9.17, 15) is 4.79 Å². The molecule has 0 radical (unpaired) electrons. The maximum atomic E-state index is 12.6. The van der Waals surface area contributed by atoms with Crippen LogP contribution in [0.25, 0.3) is 10.9 Å². The topological polar surface area (TPSA) is 70.2 Å². The van der Waals surface area contributed by atoms with Gasteiger partial charge in [-0.25, -0.2) is 4.68 Å². The van der Waals surface area contributed by atoms with Crippen molar-refractivity contribution < 1.29 is 9.15 Å². The fraction of sp³-hybridized carbons (Fsp3) is 0.0556. The van der Waals surface area contributed by atoms with Gasteiger partial charge in [0, 0.05) is 5.02 Å². The number of rotatable bonds is 4. The molecular weight excluding hydrogens is 342 g/mol. The van der Waals surface area contributed by atoms with Crippen LogP contribution in [0.1, 0.15) is 5.76 Å². The third-order valence-corrected chi connectivity index (χ3v) is 3.88. The third kappa shape index (κ3) is 3.25. The molecule has 0 unspecified atom stereocenters. The highest BCUT2D eigenvalue weighted by Crippen LogP contribution is 2.24. The number of nitrogens with zero attached hydrogens (tertiary/aromatic N) is 3. The molecule has 0 fully saturated rings. The van der Waals surface area contributed by atoms with Crippen molar-refractivity contribution in [1.29, 1.82) is 0 Å². The Balaban J connectivity index is 1.69. The number of ether oxygens (including phenoxy) is 1. The molecule has 0 amide bonds. The van der Waals surface area contributed by atoms with Gasteiger partial charge in [0.2, 0.25) is 0 Å². The summed E-state index contributed by atoms with van der Waals surface area (Å²) in [5.74, 6) is 1.79. The Morgan fingerprint density at radius 1 is 1.08 bits per heavy atom. The summed E-state index contributed by atoms with van der Waals surface area (Å²) in [6, 6.07) is 15.6. The van der Waals surface area contributed by atoms with Crippen molar-refractivity contribution in [1.82, 2.24) is 15.0 Å². The first-order valence-electron chi connectivity index (χ1n) is 7.52. The van der Waals surface area contributed by atoms with Crippen LogP contribution in [-0.2, 0) is 6.54 Å². The lowest BCUT2D eigenvalue weighted by Gasteiger charge is -2.07. The number of hydrogen-bond donors (Lipinski definition) is 0. The summed E-state index contributed by atoms with van der Waals surface area (Å²) in [5, 5.41) is 9.07. The summed E-state index contributed by atoms with van der Waals surface area (Å²) < 4.78 is 12.3. The summed E-state index contributed by atoms with van der Waals surface area (Å²) >= 11 is 5.87. The molecule has 0 aliphatic carbocycles. The van der Waals surface area contributed by atoms with Crippen molar-refractivity contribution in [2.45, 2.75) is 6.54 Å². The average molecular weight is 354 g/mol. The Labute approximate surface area is 147 Å². The Morgan fingerprint density at radius 3 is 2.64 bits per heavy atom. The highest BCUT2D eigenvalue weighted by molar-refractivity contribution is 6.30. The van der Waals surface area contributed by atoms with Crippen LogP contribution in [0.3, 0.4) is 0 Å². The maximum absolute atomic E-state index is 12.6. The molecule has 0 saturated heterocycles. The molecule has 6 nitrogen and oxygen atoms in total. The van der Waals surface area contributed by atoms with E-state index in [1.54, 1.807) is 60.9 Å². The molecule has 2 aromatic heterocycles. The molecule has 2 aromatic carbocycles. The van der Waals surface area contributed by atoms with Gasteiger partial charge in [0.1, 0.15) is 29.3 Å². The first-order chi connectivity index (χ1) is 12.2. The molecule has 2 heterocycles. The molecule has 4 aromatic rings. The van der Waals surface area contributed by atoms with E-state index in [-0.39, 0.29) is 12.1 Å². The normalized spacial score (nSPS) is 10.9. The number of aromatic nitrogens is 3. The van der Waals surface area contributed by atoms with Gasteiger partial charge in [-0.2, -0.15) is 0 Å². The molecule has 0 aliphatic heterocycles. The Morgan fingerprint density at radius 2 is 1.88 bits per heavy atom. The zero-order chi connectivity index (χ0) is 17.2. The van der Waals surface area contributed by atoms with Gasteiger partial charge in [-0.1, -0.05) is 16.8 Å². The maximum Gasteiger partial charge on any atom is 0.278 e. The van der Waals surface area contributed by atoms with Gasteiger partial charge in [0.25, 0.3) is 5.56 Å². The van der Waals surface area contributed by atoms with E-state index < -0.39 is 0 Å². The van der Waals surface area contributed by atoms with Crippen molar-refractivity contribution in [3.05, 3.63) is 82.0 Å². The molecule has 0 aliphatic rings. The smallest absolute Gasteiger partial charge is 0.278 e. The first kappa shape index (κ1) is 15.4. The lowest BCUT2D eigenvalue weighted by Crippen LogP contribution is -2.24. The Bertz CT molecular complexity index is 1070. The van der Waals surface area contributed by atoms with Gasteiger partial charge in [0.15, 0.2) is 0 Å². The minimum Gasteiger partial charge on any atom is -0.467 e. The van der Waals surface area contributed by atoms with Crippen LogP contribution in [0.15, 0.2) is 70.1 Å². The minimum absolute atomic E-state index is 0.219. The lowest BCUT2D eigenvalue weighted by atomic mass is 10.2. The number of benzene rings is 2. The van der Waals surface area contributed by atoms with Crippen LogP contribution in [0, 0.1) is 0 Å². The van der Waals surface area contributed by atoms with Crippen molar-refractivity contribution in [2.75, 3.05) is 0 Å². The summed E-state index contributed by atoms with van der Waals surface area (Å²) in [5.41, 5.74) is 0.243. The zero-order valence-corrected chi connectivity index (χ0v) is 13.7. The second-order valence-corrected chi connectivity index (χ2v) is 5.80. The van der Waals surface area contributed by atoms with E-state index in [4.69, 9.17) is 20.8 Å². The fourth-order valence-corrected chi connectivity index (χ4v) is 2.54. The summed E-state index contributed by atoms with van der Waals surface area (Å²) in [6.07, 6.45) is 1.55. The van der Waals surface area contributed by atoms with Crippen molar-refractivity contribution in [3.8, 4) is 11.5 Å². The molecule has 124 valence electrons. The van der Waals surface area contributed by atoms with Crippen molar-refractivity contribution in [3.63, 3.8) is 0 Å². The fourth-order valence-electron chi connectivity index (χ4n) is 2.41. The van der Waals surface area contributed by atoms with Crippen LogP contribution in [-0.4, -0.2) is 15.0 Å². The highest BCUT2D eigenvalue weighted by atomic mass is 35.5. The molecule has 0 bridgehead atoms. The van der Waals surface area contributed by atoms with Gasteiger partial charge in [-0.05, 0) is 54.6 Å². The van der Waals surface area contributed by atoms with Gasteiger partial charge < -0.3 is 9.15 Å².